The van der Waals surface area contributed by atoms with Gasteiger partial charge in [-0.15, -0.1) is 0 Å². The van der Waals surface area contributed by atoms with Gasteiger partial charge in [0.1, 0.15) is 0 Å². The lowest BCUT2D eigenvalue weighted by Crippen LogP contribution is -2.62. The molecule has 31 heavy (non-hydrogen) atoms. The van der Waals surface area contributed by atoms with Gasteiger partial charge in [0, 0.05) is 11.8 Å². The highest BCUT2D eigenvalue weighted by Crippen LogP contribution is 2.86. The van der Waals surface area contributed by atoms with Gasteiger partial charge in [-0.25, -0.2) is 0 Å². The summed E-state index contributed by atoms with van der Waals surface area (Å²) in [5, 5.41) is 31.8. The van der Waals surface area contributed by atoms with Crippen LogP contribution in [0, 0.1) is 51.2 Å². The SMILES string of the molecule is CCC12C[C@]13C[C@H](O)CC[C@]3(C)[C@H]1CC[C@]3(C)[C@@H]([C@H](C)CCC(=O)O)CC[C@H]3[C@@H]1[C@@H]2O. The maximum Gasteiger partial charge on any atom is 0.303 e. The van der Waals surface area contributed by atoms with Crippen molar-refractivity contribution in [2.24, 2.45) is 51.2 Å². The Morgan fingerprint density at radius 2 is 1.81 bits per heavy atom. The number of fused-ring (bicyclic) bond motifs is 4. The largest absolute Gasteiger partial charge is 0.481 e. The maximum atomic E-state index is 12.0. The molecule has 3 N–H and O–H groups in total. The van der Waals surface area contributed by atoms with Crippen LogP contribution in [-0.2, 0) is 4.79 Å². The van der Waals surface area contributed by atoms with Crippen molar-refractivity contribution in [2.45, 2.75) is 111 Å². The Morgan fingerprint density at radius 3 is 2.48 bits per heavy atom. The zero-order valence-electron chi connectivity index (χ0n) is 20.1. The van der Waals surface area contributed by atoms with Gasteiger partial charge in [0.15, 0.2) is 0 Å². The van der Waals surface area contributed by atoms with Crippen LogP contribution in [0.3, 0.4) is 0 Å². The van der Waals surface area contributed by atoms with Crippen LogP contribution in [0.4, 0.5) is 0 Å². The van der Waals surface area contributed by atoms with Gasteiger partial charge in [0.25, 0.3) is 0 Å². The van der Waals surface area contributed by atoms with Crippen molar-refractivity contribution >= 4 is 5.97 Å². The Morgan fingerprint density at radius 1 is 1.06 bits per heavy atom. The van der Waals surface area contributed by atoms with Crippen LogP contribution in [0.25, 0.3) is 0 Å². The third-order valence-electron chi connectivity index (χ3n) is 12.4. The number of carboxylic acids is 1. The molecule has 0 aromatic carbocycles. The monoisotopic (exact) mass is 432 g/mol. The van der Waals surface area contributed by atoms with E-state index in [-0.39, 0.29) is 40.3 Å². The Labute approximate surface area is 188 Å². The number of hydrogen-bond acceptors (Lipinski definition) is 3. The fraction of sp³-hybridized carbons (Fsp3) is 0.963. The minimum atomic E-state index is -0.680. The molecular weight excluding hydrogens is 388 g/mol. The molecule has 0 saturated heterocycles. The summed E-state index contributed by atoms with van der Waals surface area (Å²) in [6, 6.07) is 0. The van der Waals surface area contributed by atoms with Crippen molar-refractivity contribution < 1.29 is 20.1 Å². The van der Waals surface area contributed by atoms with Crippen LogP contribution in [0.5, 0.6) is 0 Å². The van der Waals surface area contributed by atoms with E-state index >= 15 is 0 Å². The molecule has 176 valence electrons. The highest BCUT2D eigenvalue weighted by Gasteiger charge is 2.83. The number of aliphatic hydroxyl groups is 2. The number of carbonyl (C=O) groups is 1. The molecule has 5 rings (SSSR count). The average Bonchev–Trinajstić information content (AvgIpc) is 3.26. The predicted octanol–water partition coefficient (Wildman–Crippen LogP) is 5.26. The van der Waals surface area contributed by atoms with Gasteiger partial charge in [0.05, 0.1) is 12.2 Å². The van der Waals surface area contributed by atoms with Crippen LogP contribution < -0.4 is 0 Å². The molecule has 0 heterocycles. The highest BCUT2D eigenvalue weighted by molar-refractivity contribution is 5.66. The lowest BCUT2D eigenvalue weighted by Gasteiger charge is -2.64. The molecule has 11 atom stereocenters. The summed E-state index contributed by atoms with van der Waals surface area (Å²) < 4.78 is 0. The second kappa shape index (κ2) is 6.95. The van der Waals surface area contributed by atoms with Gasteiger partial charge in [-0.2, -0.15) is 0 Å². The van der Waals surface area contributed by atoms with Gasteiger partial charge in [-0.3, -0.25) is 4.79 Å². The lowest BCUT2D eigenvalue weighted by atomic mass is 9.41. The first-order valence-electron chi connectivity index (χ1n) is 13.1. The maximum absolute atomic E-state index is 12.0. The van der Waals surface area contributed by atoms with Gasteiger partial charge >= 0.3 is 5.97 Å². The molecule has 5 aliphatic carbocycles. The molecule has 4 nitrogen and oxygen atoms in total. The van der Waals surface area contributed by atoms with E-state index in [0.717, 1.165) is 38.5 Å². The molecule has 0 aromatic rings. The highest BCUT2D eigenvalue weighted by atomic mass is 16.4. The number of carboxylic acid groups (broad SMARTS) is 1. The Hall–Kier alpha value is -0.610. The first-order valence-corrected chi connectivity index (χ1v) is 13.1. The van der Waals surface area contributed by atoms with Crippen LogP contribution in [0.15, 0.2) is 0 Å². The summed E-state index contributed by atoms with van der Waals surface area (Å²) in [5.74, 6) is 1.84. The first kappa shape index (κ1) is 22.2. The van der Waals surface area contributed by atoms with Crippen molar-refractivity contribution in [3.63, 3.8) is 0 Å². The van der Waals surface area contributed by atoms with Crippen LogP contribution in [0.2, 0.25) is 0 Å². The molecule has 5 fully saturated rings. The third-order valence-corrected chi connectivity index (χ3v) is 12.4. The molecule has 0 aromatic heterocycles. The molecule has 0 radical (unpaired) electrons. The summed E-state index contributed by atoms with van der Waals surface area (Å²) >= 11 is 0. The molecule has 0 amide bonds. The van der Waals surface area contributed by atoms with Crippen LogP contribution in [0.1, 0.15) is 98.3 Å². The van der Waals surface area contributed by atoms with E-state index in [1.54, 1.807) is 0 Å². The third kappa shape index (κ3) is 2.64. The van der Waals surface area contributed by atoms with E-state index in [0.29, 0.717) is 29.6 Å². The van der Waals surface area contributed by atoms with Gasteiger partial charge < -0.3 is 15.3 Å². The summed E-state index contributed by atoms with van der Waals surface area (Å²) in [5.41, 5.74) is 0.637. The van der Waals surface area contributed by atoms with Crippen molar-refractivity contribution in [2.75, 3.05) is 0 Å². The smallest absolute Gasteiger partial charge is 0.303 e. The standard InChI is InChI=1S/C27H44O4/c1-5-26-15-27(26)14-17(28)10-13-25(27,4)20-11-12-24(3)18(16(2)6-9-21(29)30)7-8-19(24)22(20)23(26)31/h16-20,22-23,28,31H,5-15H2,1-4H3,(H,29,30)/t16-,17-,18-,19+,20+,22+,23+,24-,25-,26?,27+/m1/s1. The second-order valence-corrected chi connectivity index (χ2v) is 13.0. The predicted molar refractivity (Wildman–Crippen MR) is 120 cm³/mol. The number of hydrogen-bond donors (Lipinski definition) is 3. The van der Waals surface area contributed by atoms with Crippen LogP contribution in [-0.4, -0.2) is 33.5 Å². The van der Waals surface area contributed by atoms with Crippen molar-refractivity contribution in [3.05, 3.63) is 0 Å². The van der Waals surface area contributed by atoms with E-state index in [1.807, 2.05) is 0 Å². The van der Waals surface area contributed by atoms with Gasteiger partial charge in [-0.1, -0.05) is 27.7 Å². The van der Waals surface area contributed by atoms with Crippen molar-refractivity contribution in [1.82, 2.24) is 0 Å². The Bertz CT molecular complexity index is 752. The number of rotatable bonds is 5. The molecular formula is C27H44O4. The fourth-order valence-corrected chi connectivity index (χ4v) is 10.9. The van der Waals surface area contributed by atoms with E-state index < -0.39 is 5.97 Å². The zero-order valence-corrected chi connectivity index (χ0v) is 20.1. The lowest BCUT2D eigenvalue weighted by molar-refractivity contribution is -0.203. The van der Waals surface area contributed by atoms with Crippen molar-refractivity contribution in [3.8, 4) is 0 Å². The second-order valence-electron chi connectivity index (χ2n) is 13.0. The van der Waals surface area contributed by atoms with Crippen molar-refractivity contribution in [1.29, 1.82) is 0 Å². The van der Waals surface area contributed by atoms with Gasteiger partial charge in [0.2, 0.25) is 0 Å². The Kier molecular flexibility index (Phi) is 4.97. The topological polar surface area (TPSA) is 77.8 Å². The minimum absolute atomic E-state index is 0.00950. The quantitative estimate of drug-likeness (QED) is 0.554. The molecule has 0 aliphatic heterocycles. The Balaban J connectivity index is 1.47. The summed E-state index contributed by atoms with van der Waals surface area (Å²) in [6.07, 6.45) is 10.5. The molecule has 0 bridgehead atoms. The fourth-order valence-electron chi connectivity index (χ4n) is 10.9. The molecule has 4 heteroatoms. The van der Waals surface area contributed by atoms with E-state index in [1.165, 1.54) is 25.7 Å². The molecule has 1 spiro atoms. The zero-order chi connectivity index (χ0) is 22.4. The van der Waals surface area contributed by atoms with E-state index in [9.17, 15) is 20.1 Å². The molecule has 5 aliphatic rings. The average molecular weight is 433 g/mol. The molecule has 5 saturated carbocycles. The first-order chi connectivity index (χ1) is 14.6. The summed E-state index contributed by atoms with van der Waals surface area (Å²) in [4.78, 5) is 11.2. The van der Waals surface area contributed by atoms with E-state index in [2.05, 4.69) is 27.7 Å². The van der Waals surface area contributed by atoms with Crippen LogP contribution >= 0.6 is 0 Å². The van der Waals surface area contributed by atoms with E-state index in [4.69, 9.17) is 0 Å². The number of aliphatic hydroxyl groups excluding tert-OH is 2. The summed E-state index contributed by atoms with van der Waals surface area (Å²) in [7, 11) is 0. The minimum Gasteiger partial charge on any atom is -0.481 e. The molecule has 1 unspecified atom stereocenters. The summed E-state index contributed by atoms with van der Waals surface area (Å²) in [6.45, 7) is 9.56. The normalized spacial score (nSPS) is 56.1. The number of aliphatic carboxylic acids is 1. The van der Waals surface area contributed by atoms with Gasteiger partial charge in [-0.05, 0) is 110 Å².